The summed E-state index contributed by atoms with van der Waals surface area (Å²) in [4.78, 5) is 24.7. The van der Waals surface area contributed by atoms with Gasteiger partial charge >= 0.3 is 0 Å². The molecular weight excluding hydrogens is 202 g/mol. The number of carbonyl (C=O) groups is 2. The maximum atomic E-state index is 11.7. The van der Waals surface area contributed by atoms with Gasteiger partial charge in [-0.1, -0.05) is 11.8 Å². The van der Waals surface area contributed by atoms with Gasteiger partial charge in [-0.2, -0.15) is 5.10 Å². The molecule has 0 aliphatic carbocycles. The van der Waals surface area contributed by atoms with Crippen LogP contribution in [0.2, 0.25) is 0 Å². The first kappa shape index (κ1) is 8.28. The molecule has 3 aliphatic heterocycles. The molecule has 0 spiro atoms. The Morgan fingerprint density at radius 3 is 3.07 bits per heavy atom. The Hall–Kier alpha value is -1.04. The minimum atomic E-state index is -0.181. The number of hydrogen-bond donors (Lipinski definition) is 0. The average molecular weight is 211 g/mol. The van der Waals surface area contributed by atoms with Crippen LogP contribution in [-0.2, 0) is 9.59 Å². The van der Waals surface area contributed by atoms with Gasteiger partial charge in [-0.25, -0.2) is 0 Å². The Kier molecular flexibility index (Phi) is 1.48. The van der Waals surface area contributed by atoms with Crippen LogP contribution in [0.25, 0.3) is 0 Å². The lowest BCUT2D eigenvalue weighted by molar-refractivity contribution is -0.139. The number of imide groups is 1. The molecule has 0 radical (unpaired) electrons. The molecule has 0 saturated carbocycles. The van der Waals surface area contributed by atoms with Gasteiger partial charge in [0.05, 0.1) is 17.4 Å². The summed E-state index contributed by atoms with van der Waals surface area (Å²) in [6.07, 6.45) is 0. The molecule has 0 bridgehead atoms. The van der Waals surface area contributed by atoms with E-state index >= 15 is 0 Å². The SMILES string of the molecule is CN1C(=O)[C@H]2CN3N=CSC3[C@H]2C1=O. The number of hydrazone groups is 1. The molecule has 74 valence electrons. The number of likely N-dealkylation sites (tertiary alicyclic amines) is 1. The number of amides is 2. The quantitative estimate of drug-likeness (QED) is 0.509. The highest BCUT2D eigenvalue weighted by atomic mass is 32.2. The Bertz CT molecular complexity index is 356. The van der Waals surface area contributed by atoms with Crippen LogP contribution in [0.1, 0.15) is 0 Å². The molecule has 6 heteroatoms. The number of fused-ring (bicyclic) bond motifs is 3. The Balaban J connectivity index is 1.98. The lowest BCUT2D eigenvalue weighted by Crippen LogP contribution is -2.33. The van der Waals surface area contributed by atoms with E-state index in [9.17, 15) is 9.59 Å². The van der Waals surface area contributed by atoms with Gasteiger partial charge in [-0.3, -0.25) is 19.5 Å². The van der Waals surface area contributed by atoms with E-state index in [4.69, 9.17) is 0 Å². The molecule has 2 fully saturated rings. The zero-order chi connectivity index (χ0) is 9.87. The molecule has 0 aromatic carbocycles. The molecule has 1 unspecified atom stereocenters. The molecule has 3 aliphatic rings. The standard InChI is InChI=1S/C8H9N3O2S/c1-10-6(12)4-2-11-8(14-3-9-11)5(4)7(10)13/h3-5,8H,2H2,1H3/t4-,5+,8?/m0/s1. The van der Waals surface area contributed by atoms with Crippen molar-refractivity contribution in [1.82, 2.24) is 9.91 Å². The largest absolute Gasteiger partial charge is 0.285 e. The average Bonchev–Trinajstić information content (AvgIpc) is 2.76. The van der Waals surface area contributed by atoms with Gasteiger partial charge in [0.2, 0.25) is 11.8 Å². The van der Waals surface area contributed by atoms with Gasteiger partial charge in [0.1, 0.15) is 5.37 Å². The second kappa shape index (κ2) is 2.50. The van der Waals surface area contributed by atoms with Crippen LogP contribution in [0.5, 0.6) is 0 Å². The summed E-state index contributed by atoms with van der Waals surface area (Å²) in [5.74, 6) is -0.446. The van der Waals surface area contributed by atoms with Crippen molar-refractivity contribution in [2.24, 2.45) is 16.9 Å². The van der Waals surface area contributed by atoms with Crippen LogP contribution in [0, 0.1) is 11.8 Å². The molecule has 14 heavy (non-hydrogen) atoms. The van der Waals surface area contributed by atoms with Gasteiger partial charge in [0.15, 0.2) is 0 Å². The van der Waals surface area contributed by atoms with Crippen LogP contribution < -0.4 is 0 Å². The molecular formula is C8H9N3O2S. The van der Waals surface area contributed by atoms with Crippen LogP contribution in [0.15, 0.2) is 5.10 Å². The predicted octanol–water partition coefficient (Wildman–Crippen LogP) is -0.451. The first-order valence-corrected chi connectivity index (χ1v) is 5.40. The minimum absolute atomic E-state index is 0.0505. The first-order chi connectivity index (χ1) is 6.70. The van der Waals surface area contributed by atoms with E-state index in [0.717, 1.165) is 0 Å². The van der Waals surface area contributed by atoms with E-state index < -0.39 is 0 Å². The van der Waals surface area contributed by atoms with Crippen molar-refractivity contribution in [2.75, 3.05) is 13.6 Å². The zero-order valence-electron chi connectivity index (χ0n) is 7.58. The molecule has 3 atom stereocenters. The number of nitrogens with zero attached hydrogens (tertiary/aromatic N) is 3. The Labute approximate surface area is 85.1 Å². The Morgan fingerprint density at radius 1 is 1.50 bits per heavy atom. The van der Waals surface area contributed by atoms with E-state index in [1.807, 2.05) is 5.01 Å². The van der Waals surface area contributed by atoms with Crippen LogP contribution >= 0.6 is 11.8 Å². The smallest absolute Gasteiger partial charge is 0.235 e. The molecule has 0 aromatic rings. The first-order valence-electron chi connectivity index (χ1n) is 4.46. The van der Waals surface area contributed by atoms with E-state index in [1.165, 1.54) is 16.7 Å². The van der Waals surface area contributed by atoms with E-state index in [-0.39, 0.29) is 29.0 Å². The second-order valence-electron chi connectivity index (χ2n) is 3.74. The van der Waals surface area contributed by atoms with Crippen LogP contribution in [-0.4, -0.2) is 46.2 Å². The highest BCUT2D eigenvalue weighted by Crippen LogP contribution is 2.43. The summed E-state index contributed by atoms with van der Waals surface area (Å²) in [7, 11) is 1.56. The molecule has 3 heterocycles. The predicted molar refractivity (Wildman–Crippen MR) is 51.3 cm³/mol. The third-order valence-corrected chi connectivity index (χ3v) is 4.11. The third kappa shape index (κ3) is 0.796. The number of rotatable bonds is 0. The highest BCUT2D eigenvalue weighted by Gasteiger charge is 2.57. The summed E-state index contributed by atoms with van der Waals surface area (Å²) in [6, 6.07) is 0. The lowest BCUT2D eigenvalue weighted by Gasteiger charge is -2.17. The number of carbonyl (C=O) groups excluding carboxylic acids is 2. The van der Waals surface area contributed by atoms with E-state index in [1.54, 1.807) is 12.6 Å². The third-order valence-electron chi connectivity index (χ3n) is 3.08. The number of thioether (sulfide) groups is 1. The molecule has 0 N–H and O–H groups in total. The van der Waals surface area contributed by atoms with Crippen molar-refractivity contribution >= 4 is 29.1 Å². The monoisotopic (exact) mass is 211 g/mol. The summed E-state index contributed by atoms with van der Waals surface area (Å²) < 4.78 is 0. The van der Waals surface area contributed by atoms with Gasteiger partial charge in [-0.05, 0) is 0 Å². The zero-order valence-corrected chi connectivity index (χ0v) is 8.40. The maximum Gasteiger partial charge on any atom is 0.235 e. The van der Waals surface area contributed by atoms with Crippen molar-refractivity contribution in [3.05, 3.63) is 0 Å². The highest BCUT2D eigenvalue weighted by molar-refractivity contribution is 8.12. The fraction of sp³-hybridized carbons (Fsp3) is 0.625. The summed E-state index contributed by atoms with van der Waals surface area (Å²) in [6.45, 7) is 0.591. The van der Waals surface area contributed by atoms with Crippen LogP contribution in [0.3, 0.4) is 0 Å². The summed E-state index contributed by atoms with van der Waals surface area (Å²) in [5.41, 5.74) is 1.75. The Morgan fingerprint density at radius 2 is 2.29 bits per heavy atom. The second-order valence-corrected chi connectivity index (χ2v) is 4.70. The van der Waals surface area contributed by atoms with Crippen molar-refractivity contribution in [1.29, 1.82) is 0 Å². The maximum absolute atomic E-state index is 11.7. The molecule has 2 amide bonds. The summed E-state index contributed by atoms with van der Waals surface area (Å²) in [5, 5.41) is 6.03. The van der Waals surface area contributed by atoms with E-state index in [2.05, 4.69) is 5.10 Å². The molecule has 3 rings (SSSR count). The van der Waals surface area contributed by atoms with Gasteiger partial charge in [0.25, 0.3) is 0 Å². The fourth-order valence-corrected chi connectivity index (χ4v) is 3.38. The van der Waals surface area contributed by atoms with E-state index in [0.29, 0.717) is 6.54 Å². The fourth-order valence-electron chi connectivity index (χ4n) is 2.33. The van der Waals surface area contributed by atoms with Gasteiger partial charge in [0, 0.05) is 13.6 Å². The van der Waals surface area contributed by atoms with Crippen molar-refractivity contribution in [3.8, 4) is 0 Å². The van der Waals surface area contributed by atoms with Gasteiger partial charge < -0.3 is 0 Å². The molecule has 5 nitrogen and oxygen atoms in total. The normalized spacial score (nSPS) is 39.6. The molecule has 0 aromatic heterocycles. The van der Waals surface area contributed by atoms with Crippen LogP contribution in [0.4, 0.5) is 0 Å². The molecule has 2 saturated heterocycles. The van der Waals surface area contributed by atoms with Crippen molar-refractivity contribution in [3.63, 3.8) is 0 Å². The van der Waals surface area contributed by atoms with Crippen molar-refractivity contribution in [2.45, 2.75) is 5.37 Å². The topological polar surface area (TPSA) is 53.0 Å². The number of hydrogen-bond acceptors (Lipinski definition) is 5. The lowest BCUT2D eigenvalue weighted by atomic mass is 9.99. The van der Waals surface area contributed by atoms with Crippen molar-refractivity contribution < 1.29 is 9.59 Å². The van der Waals surface area contributed by atoms with Gasteiger partial charge in [-0.15, -0.1) is 0 Å². The summed E-state index contributed by atoms with van der Waals surface area (Å²) >= 11 is 1.53. The minimum Gasteiger partial charge on any atom is -0.285 e.